The van der Waals surface area contributed by atoms with Gasteiger partial charge >= 0.3 is 0 Å². The molecule has 3 N–H and O–H groups in total. The maximum absolute atomic E-state index is 12.5. The molecule has 1 amide bonds. The number of benzene rings is 1. The SMILES string of the molecule is Cc1ccccc1S(=O)(=O)NCC[C@H]1CC[C@@H](NC(=O)C2CCCCC2)[C@@H](CO)O1. The summed E-state index contributed by atoms with van der Waals surface area (Å²) in [6.45, 7) is 1.87. The summed E-state index contributed by atoms with van der Waals surface area (Å²) in [6.07, 6.45) is 6.63. The molecule has 0 aromatic heterocycles. The minimum Gasteiger partial charge on any atom is -0.394 e. The van der Waals surface area contributed by atoms with Gasteiger partial charge in [0.1, 0.15) is 6.10 Å². The zero-order valence-electron chi connectivity index (χ0n) is 17.7. The molecule has 0 unspecified atom stereocenters. The lowest BCUT2D eigenvalue weighted by Gasteiger charge is -2.37. The van der Waals surface area contributed by atoms with Crippen LogP contribution in [0.5, 0.6) is 0 Å². The van der Waals surface area contributed by atoms with E-state index in [0.29, 0.717) is 12.0 Å². The number of amides is 1. The van der Waals surface area contributed by atoms with Crippen LogP contribution in [-0.4, -0.2) is 50.8 Å². The number of rotatable bonds is 8. The fourth-order valence-electron chi connectivity index (χ4n) is 4.46. The average Bonchev–Trinajstić information content (AvgIpc) is 2.75. The summed E-state index contributed by atoms with van der Waals surface area (Å²) < 4.78 is 33.6. The van der Waals surface area contributed by atoms with Gasteiger partial charge in [0, 0.05) is 12.5 Å². The smallest absolute Gasteiger partial charge is 0.240 e. The summed E-state index contributed by atoms with van der Waals surface area (Å²) in [5.41, 5.74) is 0.704. The van der Waals surface area contributed by atoms with Gasteiger partial charge in [-0.25, -0.2) is 13.1 Å². The van der Waals surface area contributed by atoms with E-state index in [-0.39, 0.29) is 42.0 Å². The highest BCUT2D eigenvalue weighted by Gasteiger charge is 2.33. The quantitative estimate of drug-likeness (QED) is 0.578. The first-order valence-corrected chi connectivity index (χ1v) is 12.5. The van der Waals surface area contributed by atoms with Crippen LogP contribution in [0, 0.1) is 12.8 Å². The van der Waals surface area contributed by atoms with Crippen LogP contribution >= 0.6 is 0 Å². The molecule has 8 heteroatoms. The molecule has 3 atom stereocenters. The lowest BCUT2D eigenvalue weighted by Crippen LogP contribution is -2.52. The lowest BCUT2D eigenvalue weighted by atomic mass is 9.88. The van der Waals surface area contributed by atoms with Crippen LogP contribution in [-0.2, 0) is 19.6 Å². The van der Waals surface area contributed by atoms with Gasteiger partial charge in [0.25, 0.3) is 0 Å². The maximum Gasteiger partial charge on any atom is 0.240 e. The van der Waals surface area contributed by atoms with Crippen molar-refractivity contribution in [3.63, 3.8) is 0 Å². The molecule has 2 fully saturated rings. The van der Waals surface area contributed by atoms with Gasteiger partial charge in [0.2, 0.25) is 15.9 Å². The maximum atomic E-state index is 12.5. The van der Waals surface area contributed by atoms with Crippen molar-refractivity contribution in [3.05, 3.63) is 29.8 Å². The van der Waals surface area contributed by atoms with Crippen LogP contribution in [0.2, 0.25) is 0 Å². The highest BCUT2D eigenvalue weighted by atomic mass is 32.2. The number of sulfonamides is 1. The second-order valence-corrected chi connectivity index (χ2v) is 10.2. The Morgan fingerprint density at radius 3 is 2.57 bits per heavy atom. The van der Waals surface area contributed by atoms with Crippen LogP contribution in [0.15, 0.2) is 29.2 Å². The number of carbonyl (C=O) groups excluding carboxylic acids is 1. The van der Waals surface area contributed by atoms with Gasteiger partial charge in [-0.2, -0.15) is 0 Å². The first kappa shape index (κ1) is 23.2. The zero-order valence-corrected chi connectivity index (χ0v) is 18.5. The first-order chi connectivity index (χ1) is 14.4. The minimum atomic E-state index is -3.56. The summed E-state index contributed by atoms with van der Waals surface area (Å²) in [7, 11) is -3.56. The molecular formula is C22H34N2O5S. The topological polar surface area (TPSA) is 105 Å². The second-order valence-electron chi connectivity index (χ2n) is 8.46. The van der Waals surface area contributed by atoms with Crippen molar-refractivity contribution in [2.45, 2.75) is 81.4 Å². The normalized spacial score (nSPS) is 25.7. The van der Waals surface area contributed by atoms with E-state index >= 15 is 0 Å². The molecule has 0 radical (unpaired) electrons. The standard InChI is InChI=1S/C22H34N2O5S/c1-16-7-5-6-10-21(16)30(27,28)23-14-13-18-11-12-19(20(15-25)29-18)24-22(26)17-8-3-2-4-9-17/h5-7,10,17-20,23,25H,2-4,8-9,11-15H2,1H3,(H,24,26)/t18-,19-,20-/m1/s1. The third kappa shape index (κ3) is 6.03. The third-order valence-corrected chi connectivity index (χ3v) is 7.86. The van der Waals surface area contributed by atoms with Crippen molar-refractivity contribution in [1.82, 2.24) is 10.0 Å². The molecule has 3 rings (SSSR count). The van der Waals surface area contributed by atoms with Crippen LogP contribution in [0.25, 0.3) is 0 Å². The molecule has 1 aromatic carbocycles. The van der Waals surface area contributed by atoms with Crippen LogP contribution < -0.4 is 10.0 Å². The van der Waals surface area contributed by atoms with Crippen molar-refractivity contribution < 1.29 is 23.1 Å². The molecule has 0 bridgehead atoms. The Labute approximate surface area is 179 Å². The summed E-state index contributed by atoms with van der Waals surface area (Å²) >= 11 is 0. The number of aliphatic hydroxyl groups excluding tert-OH is 1. The molecule has 30 heavy (non-hydrogen) atoms. The van der Waals surface area contributed by atoms with Gasteiger partial charge in [-0.15, -0.1) is 0 Å². The van der Waals surface area contributed by atoms with E-state index in [2.05, 4.69) is 10.0 Å². The Morgan fingerprint density at radius 1 is 1.13 bits per heavy atom. The van der Waals surface area contributed by atoms with Gasteiger partial charge in [-0.1, -0.05) is 37.5 Å². The molecule has 1 aliphatic carbocycles. The highest BCUT2D eigenvalue weighted by Crippen LogP contribution is 2.26. The molecule has 1 heterocycles. The van der Waals surface area contributed by atoms with E-state index in [1.807, 2.05) is 6.07 Å². The van der Waals surface area contributed by atoms with Gasteiger partial charge in [0.05, 0.1) is 23.6 Å². The predicted octanol–water partition coefficient (Wildman–Crippen LogP) is 2.27. The lowest BCUT2D eigenvalue weighted by molar-refractivity contribution is -0.132. The molecule has 168 valence electrons. The second kappa shape index (κ2) is 10.7. The number of carbonyl (C=O) groups is 1. The fraction of sp³-hybridized carbons (Fsp3) is 0.682. The number of nitrogens with one attached hydrogen (secondary N) is 2. The van der Waals surface area contributed by atoms with Crippen molar-refractivity contribution in [1.29, 1.82) is 0 Å². The van der Waals surface area contributed by atoms with Crippen molar-refractivity contribution >= 4 is 15.9 Å². The summed E-state index contributed by atoms with van der Waals surface area (Å²) in [5, 5.41) is 12.8. The Kier molecular flexibility index (Phi) is 8.27. The predicted molar refractivity (Wildman–Crippen MR) is 114 cm³/mol. The van der Waals surface area contributed by atoms with E-state index < -0.39 is 16.1 Å². The fourth-order valence-corrected chi connectivity index (χ4v) is 5.76. The minimum absolute atomic E-state index is 0.0752. The summed E-state index contributed by atoms with van der Waals surface area (Å²) in [6, 6.07) is 6.69. The van der Waals surface area contributed by atoms with E-state index in [9.17, 15) is 18.3 Å². The molecule has 1 aliphatic heterocycles. The van der Waals surface area contributed by atoms with E-state index in [1.165, 1.54) is 6.42 Å². The van der Waals surface area contributed by atoms with E-state index in [0.717, 1.165) is 38.5 Å². The Hall–Kier alpha value is -1.48. The Balaban J connectivity index is 1.47. The summed E-state index contributed by atoms with van der Waals surface area (Å²) in [5.74, 6) is 0.151. The number of ether oxygens (including phenoxy) is 1. The summed E-state index contributed by atoms with van der Waals surface area (Å²) in [4.78, 5) is 12.8. The molecule has 2 aliphatic rings. The third-order valence-electron chi connectivity index (χ3n) is 6.24. The Morgan fingerprint density at radius 2 is 1.87 bits per heavy atom. The highest BCUT2D eigenvalue weighted by molar-refractivity contribution is 7.89. The molecule has 1 saturated heterocycles. The molecular weight excluding hydrogens is 404 g/mol. The van der Waals surface area contributed by atoms with Gasteiger partial charge < -0.3 is 15.2 Å². The van der Waals surface area contributed by atoms with Crippen LogP contribution in [0.4, 0.5) is 0 Å². The van der Waals surface area contributed by atoms with Gasteiger partial charge in [-0.05, 0) is 50.7 Å². The first-order valence-electron chi connectivity index (χ1n) is 11.0. The Bertz CT molecular complexity index is 808. The van der Waals surface area contributed by atoms with Crippen LogP contribution in [0.1, 0.15) is 56.9 Å². The van der Waals surface area contributed by atoms with Crippen molar-refractivity contribution in [2.24, 2.45) is 5.92 Å². The average molecular weight is 439 g/mol. The van der Waals surface area contributed by atoms with E-state index in [1.54, 1.807) is 25.1 Å². The van der Waals surface area contributed by atoms with Crippen molar-refractivity contribution in [3.8, 4) is 0 Å². The zero-order chi connectivity index (χ0) is 21.6. The largest absolute Gasteiger partial charge is 0.394 e. The number of aliphatic hydroxyl groups is 1. The van der Waals surface area contributed by atoms with Gasteiger partial charge in [0.15, 0.2) is 0 Å². The number of aryl methyl sites for hydroxylation is 1. The monoisotopic (exact) mass is 438 g/mol. The van der Waals surface area contributed by atoms with Crippen LogP contribution in [0.3, 0.4) is 0 Å². The molecule has 1 saturated carbocycles. The van der Waals surface area contributed by atoms with Gasteiger partial charge in [-0.3, -0.25) is 4.79 Å². The number of hydrogen-bond donors (Lipinski definition) is 3. The molecule has 1 aromatic rings. The molecule has 7 nitrogen and oxygen atoms in total. The van der Waals surface area contributed by atoms with Crippen molar-refractivity contribution in [2.75, 3.05) is 13.2 Å². The molecule has 0 spiro atoms. The number of hydrogen-bond acceptors (Lipinski definition) is 5. The van der Waals surface area contributed by atoms with E-state index in [4.69, 9.17) is 4.74 Å².